The Morgan fingerprint density at radius 2 is 2.18 bits per heavy atom. The highest BCUT2D eigenvalue weighted by atomic mass is 32.1. The van der Waals surface area contributed by atoms with Gasteiger partial charge in [-0.25, -0.2) is 9.97 Å². The molecule has 28 heavy (non-hydrogen) atoms. The Balaban J connectivity index is 1.49. The van der Waals surface area contributed by atoms with E-state index in [1.165, 1.54) is 0 Å². The summed E-state index contributed by atoms with van der Waals surface area (Å²) in [6.07, 6.45) is 5.99. The molecule has 4 heterocycles. The molecule has 0 bridgehead atoms. The molecular weight excluding hydrogens is 374 g/mol. The SMILES string of the molecule is CC(C)NC(=O)CN1C(=O)CC[C@]12CCCN(c1ncc3sccc3n1)CC2. The highest BCUT2D eigenvalue weighted by Gasteiger charge is 2.46. The molecule has 2 fully saturated rings. The number of carbonyl (C=O) groups excluding carboxylic acids is 2. The minimum atomic E-state index is -0.216. The lowest BCUT2D eigenvalue weighted by Crippen LogP contribution is -2.51. The van der Waals surface area contributed by atoms with E-state index in [0.29, 0.717) is 6.42 Å². The van der Waals surface area contributed by atoms with Crippen molar-refractivity contribution in [3.05, 3.63) is 17.6 Å². The molecule has 2 aromatic heterocycles. The molecule has 1 atom stereocenters. The van der Waals surface area contributed by atoms with E-state index in [4.69, 9.17) is 4.98 Å². The summed E-state index contributed by atoms with van der Waals surface area (Å²) >= 11 is 1.65. The van der Waals surface area contributed by atoms with Crippen LogP contribution in [0.15, 0.2) is 17.6 Å². The van der Waals surface area contributed by atoms with Gasteiger partial charge in [0.05, 0.1) is 16.4 Å². The molecule has 0 radical (unpaired) electrons. The van der Waals surface area contributed by atoms with Gasteiger partial charge in [0.2, 0.25) is 17.8 Å². The van der Waals surface area contributed by atoms with Crippen molar-refractivity contribution in [3.8, 4) is 0 Å². The number of fused-ring (bicyclic) bond motifs is 1. The third-order valence-electron chi connectivity index (χ3n) is 5.82. The van der Waals surface area contributed by atoms with Crippen LogP contribution in [0.1, 0.15) is 46.0 Å². The summed E-state index contributed by atoms with van der Waals surface area (Å²) in [6, 6.07) is 2.10. The molecule has 2 aromatic rings. The van der Waals surface area contributed by atoms with Crippen molar-refractivity contribution < 1.29 is 9.59 Å². The van der Waals surface area contributed by atoms with Crippen LogP contribution in [0.2, 0.25) is 0 Å². The largest absolute Gasteiger partial charge is 0.352 e. The molecule has 1 N–H and O–H groups in total. The van der Waals surface area contributed by atoms with Gasteiger partial charge in [-0.05, 0) is 51.0 Å². The summed E-state index contributed by atoms with van der Waals surface area (Å²) in [5.74, 6) is 0.789. The first kappa shape index (κ1) is 19.1. The first-order valence-corrected chi connectivity index (χ1v) is 10.9. The topological polar surface area (TPSA) is 78.4 Å². The second-order valence-electron chi connectivity index (χ2n) is 8.11. The number of nitrogens with one attached hydrogen (secondary N) is 1. The quantitative estimate of drug-likeness (QED) is 0.852. The maximum atomic E-state index is 12.6. The number of anilines is 1. The first-order valence-electron chi connectivity index (χ1n) is 10.0. The molecule has 0 aliphatic carbocycles. The summed E-state index contributed by atoms with van der Waals surface area (Å²) < 4.78 is 1.10. The zero-order chi connectivity index (χ0) is 19.7. The predicted octanol–water partition coefficient (Wildman–Crippen LogP) is 2.57. The Labute approximate surface area is 169 Å². The average molecular weight is 402 g/mol. The van der Waals surface area contributed by atoms with Crippen LogP contribution in [0.3, 0.4) is 0 Å². The average Bonchev–Trinajstić information content (AvgIpc) is 3.15. The standard InChI is InChI=1S/C20H27N5O2S/c1-14(2)22-17(26)13-25-18(27)4-7-20(25)6-3-9-24(10-8-20)19-21-12-16-15(23-19)5-11-28-16/h5,11-12,14H,3-4,6-10,13H2,1-2H3,(H,22,26)/t20-/m0/s1. The van der Waals surface area contributed by atoms with Gasteiger partial charge in [-0.1, -0.05) is 0 Å². The molecule has 1 spiro atoms. The Hall–Kier alpha value is -2.22. The van der Waals surface area contributed by atoms with Crippen molar-refractivity contribution in [1.29, 1.82) is 0 Å². The van der Waals surface area contributed by atoms with E-state index in [2.05, 4.69) is 15.2 Å². The van der Waals surface area contributed by atoms with Crippen LogP contribution in [-0.2, 0) is 9.59 Å². The summed E-state index contributed by atoms with van der Waals surface area (Å²) in [7, 11) is 0. The number of rotatable bonds is 4. The van der Waals surface area contributed by atoms with Crippen LogP contribution >= 0.6 is 11.3 Å². The van der Waals surface area contributed by atoms with Gasteiger partial charge < -0.3 is 15.1 Å². The summed E-state index contributed by atoms with van der Waals surface area (Å²) in [5.41, 5.74) is 0.768. The van der Waals surface area contributed by atoms with Gasteiger partial charge in [-0.3, -0.25) is 9.59 Å². The summed E-state index contributed by atoms with van der Waals surface area (Å²) in [6.45, 7) is 5.71. The van der Waals surface area contributed by atoms with E-state index in [-0.39, 0.29) is 29.9 Å². The normalized spacial score (nSPS) is 23.0. The van der Waals surface area contributed by atoms with Gasteiger partial charge in [0.25, 0.3) is 0 Å². The molecule has 7 nitrogen and oxygen atoms in total. The van der Waals surface area contributed by atoms with Crippen molar-refractivity contribution in [1.82, 2.24) is 20.2 Å². The van der Waals surface area contributed by atoms with Gasteiger partial charge in [-0.2, -0.15) is 0 Å². The second-order valence-corrected chi connectivity index (χ2v) is 9.05. The molecule has 2 aliphatic heterocycles. The van der Waals surface area contributed by atoms with Crippen LogP contribution in [0, 0.1) is 0 Å². The number of thiophene rings is 1. The lowest BCUT2D eigenvalue weighted by atomic mass is 9.87. The number of hydrogen-bond acceptors (Lipinski definition) is 6. The molecule has 0 unspecified atom stereocenters. The van der Waals surface area contributed by atoms with E-state index in [1.807, 2.05) is 36.4 Å². The number of amides is 2. The van der Waals surface area contributed by atoms with Gasteiger partial charge >= 0.3 is 0 Å². The van der Waals surface area contributed by atoms with Gasteiger partial charge in [0.15, 0.2) is 0 Å². The summed E-state index contributed by atoms with van der Waals surface area (Å²) in [5, 5.41) is 4.95. The Kier molecular flexibility index (Phi) is 5.23. The van der Waals surface area contributed by atoms with E-state index in [1.54, 1.807) is 11.3 Å². The van der Waals surface area contributed by atoms with Crippen molar-refractivity contribution in [2.75, 3.05) is 24.5 Å². The molecule has 0 aromatic carbocycles. The highest BCUT2D eigenvalue weighted by Crippen LogP contribution is 2.39. The highest BCUT2D eigenvalue weighted by molar-refractivity contribution is 7.17. The molecule has 2 saturated heterocycles. The Morgan fingerprint density at radius 3 is 3.00 bits per heavy atom. The maximum absolute atomic E-state index is 12.6. The molecule has 2 amide bonds. The smallest absolute Gasteiger partial charge is 0.239 e. The van der Waals surface area contributed by atoms with Crippen LogP contribution in [0.5, 0.6) is 0 Å². The maximum Gasteiger partial charge on any atom is 0.239 e. The number of carbonyl (C=O) groups is 2. The van der Waals surface area contributed by atoms with Gasteiger partial charge in [0.1, 0.15) is 6.54 Å². The van der Waals surface area contributed by atoms with Crippen LogP contribution in [0.4, 0.5) is 5.95 Å². The van der Waals surface area contributed by atoms with Gasteiger partial charge in [-0.15, -0.1) is 11.3 Å². The van der Waals surface area contributed by atoms with Crippen molar-refractivity contribution in [2.45, 2.75) is 57.5 Å². The zero-order valence-corrected chi connectivity index (χ0v) is 17.3. The van der Waals surface area contributed by atoms with E-state index >= 15 is 0 Å². The van der Waals surface area contributed by atoms with E-state index in [9.17, 15) is 9.59 Å². The first-order chi connectivity index (χ1) is 13.5. The zero-order valence-electron chi connectivity index (χ0n) is 16.5. The number of hydrogen-bond donors (Lipinski definition) is 1. The fourth-order valence-corrected chi connectivity index (χ4v) is 5.14. The van der Waals surface area contributed by atoms with E-state index in [0.717, 1.165) is 54.9 Å². The van der Waals surface area contributed by atoms with Crippen molar-refractivity contribution in [3.63, 3.8) is 0 Å². The van der Waals surface area contributed by atoms with Gasteiger partial charge in [0, 0.05) is 31.1 Å². The number of likely N-dealkylation sites (tertiary alicyclic amines) is 1. The van der Waals surface area contributed by atoms with Crippen molar-refractivity contribution in [2.24, 2.45) is 0 Å². The molecule has 150 valence electrons. The minimum Gasteiger partial charge on any atom is -0.352 e. The van der Waals surface area contributed by atoms with E-state index < -0.39 is 0 Å². The van der Waals surface area contributed by atoms with Crippen LogP contribution in [-0.4, -0.2) is 57.9 Å². The fourth-order valence-electron chi connectivity index (χ4n) is 4.45. The lowest BCUT2D eigenvalue weighted by Gasteiger charge is -2.38. The van der Waals surface area contributed by atoms with Crippen LogP contribution in [0.25, 0.3) is 10.2 Å². The third kappa shape index (κ3) is 3.70. The third-order valence-corrected chi connectivity index (χ3v) is 6.66. The molecule has 4 rings (SSSR count). The lowest BCUT2D eigenvalue weighted by molar-refractivity contribution is -0.137. The molecular formula is C20H27N5O2S. The number of aromatic nitrogens is 2. The predicted molar refractivity (Wildman–Crippen MR) is 110 cm³/mol. The second kappa shape index (κ2) is 7.66. The van der Waals surface area contributed by atoms with Crippen molar-refractivity contribution >= 4 is 39.3 Å². The monoisotopic (exact) mass is 401 g/mol. The molecule has 2 aliphatic rings. The van der Waals surface area contributed by atoms with Crippen LogP contribution < -0.4 is 10.2 Å². The fraction of sp³-hybridized carbons (Fsp3) is 0.600. The molecule has 8 heteroatoms. The number of nitrogens with zero attached hydrogens (tertiary/aromatic N) is 4. The molecule has 0 saturated carbocycles. The Bertz CT molecular complexity index is 882. The minimum absolute atomic E-state index is 0.0722. The Morgan fingerprint density at radius 1 is 1.32 bits per heavy atom. The summed E-state index contributed by atoms with van der Waals surface area (Å²) in [4.78, 5) is 38.2.